The van der Waals surface area contributed by atoms with Crippen molar-refractivity contribution in [1.82, 2.24) is 25.0 Å². The van der Waals surface area contributed by atoms with Crippen molar-refractivity contribution in [3.8, 4) is 0 Å². The van der Waals surface area contributed by atoms with E-state index in [1.165, 1.54) is 12.8 Å². The maximum Gasteiger partial charge on any atom is 0.194 e. The molecule has 0 bridgehead atoms. The van der Waals surface area contributed by atoms with Crippen molar-refractivity contribution < 1.29 is 0 Å². The Bertz CT molecular complexity index is 470. The van der Waals surface area contributed by atoms with Gasteiger partial charge in [-0.2, -0.15) is 0 Å². The molecule has 21 heavy (non-hydrogen) atoms. The van der Waals surface area contributed by atoms with Crippen LogP contribution in [0, 0.1) is 12.8 Å². The van der Waals surface area contributed by atoms with Gasteiger partial charge in [0.2, 0.25) is 0 Å². The van der Waals surface area contributed by atoms with Gasteiger partial charge in [-0.05, 0) is 32.6 Å². The molecule has 1 atom stereocenters. The number of rotatable bonds is 3. The highest BCUT2D eigenvalue weighted by molar-refractivity contribution is 14.0. The topological polar surface area (TPSA) is 58.3 Å². The minimum absolute atomic E-state index is 0. The summed E-state index contributed by atoms with van der Waals surface area (Å²) >= 11 is 0. The van der Waals surface area contributed by atoms with E-state index >= 15 is 0 Å². The molecule has 0 radical (unpaired) electrons. The third-order valence-corrected chi connectivity index (χ3v) is 3.84. The molecule has 1 aliphatic heterocycles. The maximum absolute atomic E-state index is 4.72. The zero-order chi connectivity index (χ0) is 14.5. The van der Waals surface area contributed by atoms with Crippen LogP contribution in [0.15, 0.2) is 4.99 Å². The van der Waals surface area contributed by atoms with Gasteiger partial charge in [0.05, 0.1) is 0 Å². The molecule has 0 saturated carbocycles. The molecule has 1 saturated heterocycles. The quantitative estimate of drug-likeness (QED) is 0.474. The standard InChI is InChI=1S/C14H26N6.HI/c1-5-15-14(20-8-6-7-11(2)10-20)16-9-13-18-17-12(3)19(13)4;/h11H,5-10H2,1-4H3,(H,15,16);1H. The first-order chi connectivity index (χ1) is 9.61. The van der Waals surface area contributed by atoms with Gasteiger partial charge < -0.3 is 14.8 Å². The van der Waals surface area contributed by atoms with Crippen LogP contribution in [0.25, 0.3) is 0 Å². The number of aryl methyl sites for hydroxylation is 1. The minimum Gasteiger partial charge on any atom is -0.357 e. The lowest BCUT2D eigenvalue weighted by atomic mass is 10.0. The molecule has 0 spiro atoms. The first-order valence-electron chi connectivity index (χ1n) is 7.50. The predicted octanol–water partition coefficient (Wildman–Crippen LogP) is 1.94. The molecule has 1 N–H and O–H groups in total. The fraction of sp³-hybridized carbons (Fsp3) is 0.786. The number of nitrogens with one attached hydrogen (secondary N) is 1. The minimum atomic E-state index is 0. The smallest absolute Gasteiger partial charge is 0.194 e. The van der Waals surface area contributed by atoms with E-state index in [0.717, 1.165) is 43.2 Å². The van der Waals surface area contributed by atoms with Crippen molar-refractivity contribution in [2.24, 2.45) is 18.0 Å². The highest BCUT2D eigenvalue weighted by atomic mass is 127. The summed E-state index contributed by atoms with van der Waals surface area (Å²) < 4.78 is 1.99. The molecule has 2 rings (SSSR count). The highest BCUT2D eigenvalue weighted by Crippen LogP contribution is 2.15. The molecule has 1 unspecified atom stereocenters. The first kappa shape index (κ1) is 18.2. The lowest BCUT2D eigenvalue weighted by Crippen LogP contribution is -2.46. The molecular formula is C14H27IN6. The van der Waals surface area contributed by atoms with E-state index in [-0.39, 0.29) is 24.0 Å². The molecule has 0 amide bonds. The van der Waals surface area contributed by atoms with Crippen molar-refractivity contribution in [2.75, 3.05) is 19.6 Å². The summed E-state index contributed by atoms with van der Waals surface area (Å²) in [7, 11) is 1.98. The maximum atomic E-state index is 4.72. The molecule has 6 nitrogen and oxygen atoms in total. The average molecular weight is 406 g/mol. The summed E-state index contributed by atoms with van der Waals surface area (Å²) in [5, 5.41) is 11.6. The fourth-order valence-electron chi connectivity index (χ4n) is 2.54. The Kier molecular flexibility index (Phi) is 7.41. The number of likely N-dealkylation sites (tertiary alicyclic amines) is 1. The van der Waals surface area contributed by atoms with E-state index in [1.54, 1.807) is 0 Å². The van der Waals surface area contributed by atoms with Crippen LogP contribution < -0.4 is 5.32 Å². The molecule has 1 aliphatic rings. The molecule has 2 heterocycles. The SMILES string of the molecule is CCNC(=NCc1nnc(C)n1C)N1CCCC(C)C1.I. The van der Waals surface area contributed by atoms with E-state index in [1.807, 2.05) is 18.5 Å². The number of nitrogens with zero attached hydrogens (tertiary/aromatic N) is 5. The number of halogens is 1. The molecule has 120 valence electrons. The third-order valence-electron chi connectivity index (χ3n) is 3.84. The number of guanidine groups is 1. The second-order valence-electron chi connectivity index (χ2n) is 5.59. The van der Waals surface area contributed by atoms with E-state index in [4.69, 9.17) is 4.99 Å². The number of hydrogen-bond donors (Lipinski definition) is 1. The van der Waals surface area contributed by atoms with Gasteiger partial charge in [0.15, 0.2) is 11.8 Å². The van der Waals surface area contributed by atoms with Crippen molar-refractivity contribution in [2.45, 2.75) is 40.2 Å². The largest absolute Gasteiger partial charge is 0.357 e. The van der Waals surface area contributed by atoms with Gasteiger partial charge >= 0.3 is 0 Å². The molecule has 7 heteroatoms. The Balaban J connectivity index is 0.00000220. The van der Waals surface area contributed by atoms with Crippen molar-refractivity contribution in [3.63, 3.8) is 0 Å². The molecule has 0 aliphatic carbocycles. The van der Waals surface area contributed by atoms with Crippen molar-refractivity contribution in [3.05, 3.63) is 11.6 Å². The molecule has 1 fully saturated rings. The van der Waals surface area contributed by atoms with Gasteiger partial charge in [-0.1, -0.05) is 6.92 Å². The molecule has 1 aromatic heterocycles. The van der Waals surface area contributed by atoms with Crippen LogP contribution >= 0.6 is 24.0 Å². The van der Waals surface area contributed by atoms with E-state index < -0.39 is 0 Å². The Morgan fingerprint density at radius 2 is 2.19 bits per heavy atom. The Labute approximate surface area is 144 Å². The summed E-state index contributed by atoms with van der Waals surface area (Å²) in [6.07, 6.45) is 2.56. The van der Waals surface area contributed by atoms with Crippen LogP contribution in [0.5, 0.6) is 0 Å². The molecular weight excluding hydrogens is 379 g/mol. The van der Waals surface area contributed by atoms with Crippen LogP contribution in [0.2, 0.25) is 0 Å². The Morgan fingerprint density at radius 1 is 1.43 bits per heavy atom. The van der Waals surface area contributed by atoms with Gasteiger partial charge in [-0.25, -0.2) is 4.99 Å². The first-order valence-corrected chi connectivity index (χ1v) is 7.50. The Hall–Kier alpha value is -0.860. The van der Waals surface area contributed by atoms with Gasteiger partial charge in [-0.3, -0.25) is 0 Å². The highest BCUT2D eigenvalue weighted by Gasteiger charge is 2.19. The monoisotopic (exact) mass is 406 g/mol. The summed E-state index contributed by atoms with van der Waals surface area (Å²) in [6, 6.07) is 0. The Morgan fingerprint density at radius 3 is 2.76 bits per heavy atom. The van der Waals surface area contributed by atoms with Crippen LogP contribution in [0.4, 0.5) is 0 Å². The third kappa shape index (κ3) is 4.82. The van der Waals surface area contributed by atoms with Crippen molar-refractivity contribution in [1.29, 1.82) is 0 Å². The number of hydrogen-bond acceptors (Lipinski definition) is 3. The van der Waals surface area contributed by atoms with E-state index in [2.05, 4.69) is 34.3 Å². The summed E-state index contributed by atoms with van der Waals surface area (Å²) in [5.41, 5.74) is 0. The number of piperidine rings is 1. The zero-order valence-electron chi connectivity index (χ0n) is 13.5. The zero-order valence-corrected chi connectivity index (χ0v) is 15.8. The number of aromatic nitrogens is 3. The van der Waals surface area contributed by atoms with E-state index in [9.17, 15) is 0 Å². The predicted molar refractivity (Wildman–Crippen MR) is 95.9 cm³/mol. The van der Waals surface area contributed by atoms with Gasteiger partial charge in [0, 0.05) is 26.7 Å². The van der Waals surface area contributed by atoms with Crippen LogP contribution in [0.3, 0.4) is 0 Å². The lowest BCUT2D eigenvalue weighted by Gasteiger charge is -2.33. The molecule has 1 aromatic rings. The summed E-state index contributed by atoms with van der Waals surface area (Å²) in [5.74, 6) is 3.57. The second kappa shape index (κ2) is 8.55. The average Bonchev–Trinajstić information content (AvgIpc) is 2.75. The van der Waals surface area contributed by atoms with E-state index in [0.29, 0.717) is 6.54 Å². The number of aliphatic imine (C=N–C) groups is 1. The van der Waals surface area contributed by atoms with Crippen LogP contribution in [-0.2, 0) is 13.6 Å². The van der Waals surface area contributed by atoms with Crippen LogP contribution in [-0.4, -0.2) is 45.3 Å². The fourth-order valence-corrected chi connectivity index (χ4v) is 2.54. The lowest BCUT2D eigenvalue weighted by molar-refractivity contribution is 0.266. The second-order valence-corrected chi connectivity index (χ2v) is 5.59. The van der Waals surface area contributed by atoms with Gasteiger partial charge in [0.1, 0.15) is 12.4 Å². The van der Waals surface area contributed by atoms with Crippen LogP contribution in [0.1, 0.15) is 38.3 Å². The summed E-state index contributed by atoms with van der Waals surface area (Å²) in [4.78, 5) is 7.09. The van der Waals surface area contributed by atoms with Gasteiger partial charge in [0.25, 0.3) is 0 Å². The molecule has 0 aromatic carbocycles. The van der Waals surface area contributed by atoms with Gasteiger partial charge in [-0.15, -0.1) is 34.2 Å². The normalized spacial score (nSPS) is 19.3. The van der Waals surface area contributed by atoms with Crippen molar-refractivity contribution >= 4 is 29.9 Å². The summed E-state index contributed by atoms with van der Waals surface area (Å²) in [6.45, 7) is 10.0.